The van der Waals surface area contributed by atoms with E-state index in [4.69, 9.17) is 0 Å². The summed E-state index contributed by atoms with van der Waals surface area (Å²) in [7, 11) is 0. The molecule has 0 bridgehead atoms. The molecule has 2 heterocycles. The average molecular weight is 339 g/mol. The SMILES string of the molecule is O=C(Cc1ccccc1C(F)(F)F)N[C@@H]1CNC[C@@H]1n1ccnn1. The maximum atomic E-state index is 13.0. The Morgan fingerprint density at radius 1 is 1.33 bits per heavy atom. The van der Waals surface area contributed by atoms with E-state index in [9.17, 15) is 18.0 Å². The number of nitrogens with one attached hydrogen (secondary N) is 2. The summed E-state index contributed by atoms with van der Waals surface area (Å²) in [4.78, 5) is 12.2. The highest BCUT2D eigenvalue weighted by molar-refractivity contribution is 5.79. The Labute approximate surface area is 136 Å². The van der Waals surface area contributed by atoms with Gasteiger partial charge in [0.25, 0.3) is 0 Å². The van der Waals surface area contributed by atoms with Crippen molar-refractivity contribution in [1.29, 1.82) is 0 Å². The van der Waals surface area contributed by atoms with Crippen LogP contribution in [0.1, 0.15) is 17.2 Å². The van der Waals surface area contributed by atoms with Crippen LogP contribution < -0.4 is 10.6 Å². The van der Waals surface area contributed by atoms with Crippen LogP contribution >= 0.6 is 0 Å². The zero-order valence-corrected chi connectivity index (χ0v) is 12.6. The molecule has 24 heavy (non-hydrogen) atoms. The minimum atomic E-state index is -4.48. The zero-order chi connectivity index (χ0) is 17.2. The predicted octanol–water partition coefficient (Wildman–Crippen LogP) is 1.17. The molecule has 0 spiro atoms. The number of carbonyl (C=O) groups is 1. The molecule has 1 aromatic heterocycles. The number of aromatic nitrogens is 3. The largest absolute Gasteiger partial charge is 0.416 e. The van der Waals surface area contributed by atoms with Crippen LogP contribution in [0.25, 0.3) is 0 Å². The van der Waals surface area contributed by atoms with Crippen LogP contribution in [-0.4, -0.2) is 40.0 Å². The van der Waals surface area contributed by atoms with Gasteiger partial charge >= 0.3 is 6.18 Å². The molecule has 1 amide bonds. The lowest BCUT2D eigenvalue weighted by Crippen LogP contribution is -2.42. The molecule has 1 aliphatic heterocycles. The Bertz CT molecular complexity index is 701. The Morgan fingerprint density at radius 3 is 2.83 bits per heavy atom. The van der Waals surface area contributed by atoms with E-state index in [1.54, 1.807) is 10.9 Å². The second-order valence-corrected chi connectivity index (χ2v) is 5.61. The molecule has 6 nitrogen and oxygen atoms in total. The molecule has 0 saturated carbocycles. The van der Waals surface area contributed by atoms with E-state index >= 15 is 0 Å². The van der Waals surface area contributed by atoms with Gasteiger partial charge in [0, 0.05) is 19.3 Å². The van der Waals surface area contributed by atoms with Crippen molar-refractivity contribution in [2.75, 3.05) is 13.1 Å². The van der Waals surface area contributed by atoms with E-state index in [1.807, 2.05) is 0 Å². The summed E-state index contributed by atoms with van der Waals surface area (Å²) in [5.74, 6) is -0.453. The van der Waals surface area contributed by atoms with E-state index in [0.717, 1.165) is 6.07 Å². The Balaban J connectivity index is 1.68. The van der Waals surface area contributed by atoms with Gasteiger partial charge in [0.1, 0.15) is 0 Å². The van der Waals surface area contributed by atoms with Crippen molar-refractivity contribution in [3.05, 3.63) is 47.8 Å². The lowest BCUT2D eigenvalue weighted by Gasteiger charge is -2.20. The monoisotopic (exact) mass is 339 g/mol. The van der Waals surface area contributed by atoms with Crippen molar-refractivity contribution in [2.24, 2.45) is 0 Å². The second kappa shape index (κ2) is 6.60. The van der Waals surface area contributed by atoms with Crippen LogP contribution in [0.2, 0.25) is 0 Å². The number of carbonyl (C=O) groups excluding carboxylic acids is 1. The number of halogens is 3. The van der Waals surface area contributed by atoms with Crippen molar-refractivity contribution in [1.82, 2.24) is 25.6 Å². The van der Waals surface area contributed by atoms with Crippen molar-refractivity contribution in [3.63, 3.8) is 0 Å². The van der Waals surface area contributed by atoms with Crippen molar-refractivity contribution in [2.45, 2.75) is 24.7 Å². The molecular weight excluding hydrogens is 323 g/mol. The molecule has 3 rings (SSSR count). The molecule has 0 aliphatic carbocycles. The molecule has 2 atom stereocenters. The quantitative estimate of drug-likeness (QED) is 0.877. The van der Waals surface area contributed by atoms with Crippen LogP contribution in [0.15, 0.2) is 36.7 Å². The Morgan fingerprint density at radius 2 is 2.12 bits per heavy atom. The molecule has 1 aliphatic rings. The lowest BCUT2D eigenvalue weighted by molar-refractivity contribution is -0.138. The van der Waals surface area contributed by atoms with E-state index in [1.165, 1.54) is 24.4 Å². The number of nitrogens with zero attached hydrogens (tertiary/aromatic N) is 3. The van der Waals surface area contributed by atoms with Crippen molar-refractivity contribution in [3.8, 4) is 0 Å². The third kappa shape index (κ3) is 3.56. The first-order chi connectivity index (χ1) is 11.4. The molecule has 9 heteroatoms. The standard InChI is InChI=1S/C15H16F3N5O/c16-15(17,18)11-4-2-1-3-10(11)7-14(24)21-12-8-19-9-13(12)23-6-5-20-22-23/h1-6,12-13,19H,7-9H2,(H,21,24)/t12-,13+/m1/s1. The van der Waals surface area contributed by atoms with Crippen LogP contribution in [0.3, 0.4) is 0 Å². The van der Waals surface area contributed by atoms with Crippen LogP contribution in [0.4, 0.5) is 13.2 Å². The van der Waals surface area contributed by atoms with Gasteiger partial charge in [0.15, 0.2) is 0 Å². The number of rotatable bonds is 4. The van der Waals surface area contributed by atoms with Gasteiger partial charge in [0.05, 0.1) is 30.3 Å². The fourth-order valence-corrected chi connectivity index (χ4v) is 2.87. The smallest absolute Gasteiger partial charge is 0.350 e. The zero-order valence-electron chi connectivity index (χ0n) is 12.6. The van der Waals surface area contributed by atoms with E-state index < -0.39 is 17.6 Å². The summed E-state index contributed by atoms with van der Waals surface area (Å²) in [6.07, 6.45) is -1.57. The van der Waals surface area contributed by atoms with E-state index in [-0.39, 0.29) is 24.1 Å². The summed E-state index contributed by atoms with van der Waals surface area (Å²) in [6.45, 7) is 1.13. The molecule has 1 saturated heterocycles. The van der Waals surface area contributed by atoms with E-state index in [0.29, 0.717) is 13.1 Å². The van der Waals surface area contributed by atoms with E-state index in [2.05, 4.69) is 20.9 Å². The molecule has 1 aromatic carbocycles. The normalized spacial score (nSPS) is 21.0. The minimum Gasteiger partial charge on any atom is -0.350 e. The number of alkyl halides is 3. The first-order valence-electron chi connectivity index (χ1n) is 7.46. The Kier molecular flexibility index (Phi) is 4.52. The number of hydrogen-bond acceptors (Lipinski definition) is 4. The topological polar surface area (TPSA) is 71.8 Å². The maximum absolute atomic E-state index is 13.0. The lowest BCUT2D eigenvalue weighted by atomic mass is 10.0. The van der Waals surface area contributed by atoms with Gasteiger partial charge in [0.2, 0.25) is 5.91 Å². The van der Waals surface area contributed by atoms with Crippen LogP contribution in [0.5, 0.6) is 0 Å². The van der Waals surface area contributed by atoms with Gasteiger partial charge in [-0.25, -0.2) is 4.68 Å². The highest BCUT2D eigenvalue weighted by Gasteiger charge is 2.34. The molecule has 2 aromatic rings. The Hall–Kier alpha value is -2.42. The summed E-state index contributed by atoms with van der Waals surface area (Å²) in [5, 5.41) is 13.6. The number of hydrogen-bond donors (Lipinski definition) is 2. The first-order valence-corrected chi connectivity index (χ1v) is 7.46. The molecule has 128 valence electrons. The number of amides is 1. The fraction of sp³-hybridized carbons (Fsp3) is 0.400. The summed E-state index contributed by atoms with van der Waals surface area (Å²) < 4.78 is 40.6. The molecule has 1 fully saturated rings. The summed E-state index contributed by atoms with van der Waals surface area (Å²) >= 11 is 0. The summed E-state index contributed by atoms with van der Waals surface area (Å²) in [5.41, 5.74) is -0.816. The predicted molar refractivity (Wildman–Crippen MR) is 79.0 cm³/mol. The van der Waals surface area contributed by atoms with Gasteiger partial charge in [-0.05, 0) is 11.6 Å². The summed E-state index contributed by atoms with van der Waals surface area (Å²) in [6, 6.07) is 4.74. The highest BCUT2D eigenvalue weighted by atomic mass is 19.4. The van der Waals surface area contributed by atoms with Gasteiger partial charge in [-0.1, -0.05) is 23.4 Å². The van der Waals surface area contributed by atoms with Gasteiger partial charge in [-0.2, -0.15) is 13.2 Å². The third-order valence-electron chi connectivity index (χ3n) is 3.98. The van der Waals surface area contributed by atoms with Gasteiger partial charge in [-0.15, -0.1) is 5.10 Å². The van der Waals surface area contributed by atoms with Crippen molar-refractivity contribution >= 4 is 5.91 Å². The van der Waals surface area contributed by atoms with Gasteiger partial charge < -0.3 is 10.6 Å². The van der Waals surface area contributed by atoms with Crippen molar-refractivity contribution < 1.29 is 18.0 Å². The second-order valence-electron chi connectivity index (χ2n) is 5.61. The van der Waals surface area contributed by atoms with Gasteiger partial charge in [-0.3, -0.25) is 4.79 Å². The number of benzene rings is 1. The maximum Gasteiger partial charge on any atom is 0.416 e. The molecule has 0 radical (unpaired) electrons. The molecule has 0 unspecified atom stereocenters. The van der Waals surface area contributed by atoms with Crippen LogP contribution in [0, 0.1) is 0 Å². The van der Waals surface area contributed by atoms with Crippen LogP contribution in [-0.2, 0) is 17.4 Å². The average Bonchev–Trinajstić information content (AvgIpc) is 3.17. The highest BCUT2D eigenvalue weighted by Crippen LogP contribution is 2.32. The minimum absolute atomic E-state index is 0.0363. The third-order valence-corrected chi connectivity index (χ3v) is 3.98. The molecule has 2 N–H and O–H groups in total. The first kappa shape index (κ1) is 16.4. The molecular formula is C15H16F3N5O. The fourth-order valence-electron chi connectivity index (χ4n) is 2.87.